The molecule has 9 nitrogen and oxygen atoms in total. The van der Waals surface area contributed by atoms with Crippen molar-refractivity contribution in [1.29, 1.82) is 0 Å². The first-order valence-corrected chi connectivity index (χ1v) is 5.91. The quantitative estimate of drug-likeness (QED) is 0.515. The van der Waals surface area contributed by atoms with Crippen LogP contribution < -0.4 is 16.0 Å². The van der Waals surface area contributed by atoms with Gasteiger partial charge in [-0.2, -0.15) is 20.1 Å². The Morgan fingerprint density at radius 2 is 2.22 bits per heavy atom. The maximum absolute atomic E-state index is 5.40. The highest BCUT2D eigenvalue weighted by Crippen LogP contribution is 2.22. The van der Waals surface area contributed by atoms with E-state index in [4.69, 9.17) is 10.6 Å². The van der Waals surface area contributed by atoms with Crippen molar-refractivity contribution < 1.29 is 4.74 Å². The Hall–Kier alpha value is -1.94. The Balaban J connectivity index is 2.23. The van der Waals surface area contributed by atoms with Crippen LogP contribution in [0, 0.1) is 0 Å². The van der Waals surface area contributed by atoms with E-state index in [-0.39, 0.29) is 18.1 Å². The molecule has 2 heterocycles. The third-order valence-corrected chi connectivity index (χ3v) is 2.40. The number of aromatic amines is 1. The first-order chi connectivity index (χ1) is 8.67. The summed E-state index contributed by atoms with van der Waals surface area (Å²) in [5.41, 5.74) is 2.36. The van der Waals surface area contributed by atoms with E-state index in [9.17, 15) is 0 Å². The average Bonchev–Trinajstić information content (AvgIpc) is 2.80. The van der Waals surface area contributed by atoms with Crippen LogP contribution in [0.2, 0.25) is 0 Å². The third kappa shape index (κ3) is 3.28. The summed E-state index contributed by atoms with van der Waals surface area (Å²) in [5.74, 6) is 5.51. The molecule has 0 atom stereocenters. The zero-order chi connectivity index (χ0) is 13.0. The van der Waals surface area contributed by atoms with E-state index < -0.39 is 0 Å². The van der Waals surface area contributed by atoms with Gasteiger partial charge in [-0.1, -0.05) is 0 Å². The van der Waals surface area contributed by atoms with E-state index in [1.54, 1.807) is 0 Å². The molecular formula is C8H12N8OS. The number of nitrogens with zero attached hydrogens (tertiary/aromatic N) is 5. The molecule has 0 fully saturated rings. The first kappa shape index (κ1) is 12.5. The van der Waals surface area contributed by atoms with Gasteiger partial charge in [-0.25, -0.2) is 10.8 Å². The largest absolute Gasteiger partial charge is 0.461 e. The monoisotopic (exact) mass is 268 g/mol. The molecule has 0 amide bonds. The molecule has 2 rings (SSSR count). The van der Waals surface area contributed by atoms with Crippen LogP contribution in [0.1, 0.15) is 13.8 Å². The van der Waals surface area contributed by atoms with E-state index in [0.29, 0.717) is 10.3 Å². The Bertz CT molecular complexity index is 502. The molecule has 4 N–H and O–H groups in total. The molecule has 0 unspecified atom stereocenters. The van der Waals surface area contributed by atoms with Crippen LogP contribution >= 0.6 is 11.8 Å². The Morgan fingerprint density at radius 1 is 1.39 bits per heavy atom. The van der Waals surface area contributed by atoms with E-state index >= 15 is 0 Å². The maximum Gasteiger partial charge on any atom is 0.322 e. The summed E-state index contributed by atoms with van der Waals surface area (Å²) in [6.45, 7) is 3.76. The number of nitrogen functional groups attached to an aromatic ring is 1. The SMILES string of the molecule is CC(C)Oc1nc(NN)nc(Sc2ncn[nH]2)n1. The topological polar surface area (TPSA) is 128 Å². The van der Waals surface area contributed by atoms with Crippen LogP contribution in [0.4, 0.5) is 5.95 Å². The number of anilines is 1. The van der Waals surface area contributed by atoms with Crippen LogP contribution in [0.15, 0.2) is 16.6 Å². The Kier molecular flexibility index (Phi) is 3.89. The number of hydrogen-bond donors (Lipinski definition) is 3. The standard InChI is InChI=1S/C8H12N8OS/c1-4(2)17-6-12-5(15-9)13-8(14-6)18-7-10-3-11-16-7/h3-4H,9H2,1-2H3,(H,10,11,16)(H,12,13,14,15). The van der Waals surface area contributed by atoms with Crippen molar-refractivity contribution in [1.82, 2.24) is 30.1 Å². The van der Waals surface area contributed by atoms with Gasteiger partial charge in [0.2, 0.25) is 11.1 Å². The molecule has 0 spiro atoms. The summed E-state index contributed by atoms with van der Waals surface area (Å²) >= 11 is 1.20. The number of hydrazine groups is 1. The predicted octanol–water partition coefficient (Wildman–Crippen LogP) is 0.214. The minimum atomic E-state index is -0.0406. The van der Waals surface area contributed by atoms with Crippen molar-refractivity contribution in [2.75, 3.05) is 5.43 Å². The number of ether oxygens (including phenoxy) is 1. The normalized spacial score (nSPS) is 10.7. The van der Waals surface area contributed by atoms with Crippen LogP contribution in [0.5, 0.6) is 6.01 Å². The van der Waals surface area contributed by atoms with Crippen molar-refractivity contribution in [2.45, 2.75) is 30.3 Å². The Labute approximate surface area is 107 Å². The molecule has 18 heavy (non-hydrogen) atoms. The maximum atomic E-state index is 5.40. The molecule has 0 bridgehead atoms. The number of nitrogens with one attached hydrogen (secondary N) is 2. The smallest absolute Gasteiger partial charge is 0.322 e. The van der Waals surface area contributed by atoms with E-state index in [1.807, 2.05) is 13.8 Å². The van der Waals surface area contributed by atoms with Crippen LogP contribution in [-0.2, 0) is 0 Å². The van der Waals surface area contributed by atoms with Gasteiger partial charge in [0.05, 0.1) is 6.10 Å². The number of hydrogen-bond acceptors (Lipinski definition) is 9. The summed E-state index contributed by atoms with van der Waals surface area (Å²) in [6.07, 6.45) is 1.36. The van der Waals surface area contributed by atoms with Crippen molar-refractivity contribution in [3.63, 3.8) is 0 Å². The molecule has 0 aromatic carbocycles. The molecular weight excluding hydrogens is 256 g/mol. The van der Waals surface area contributed by atoms with Crippen molar-refractivity contribution >= 4 is 17.7 Å². The van der Waals surface area contributed by atoms with Gasteiger partial charge in [-0.3, -0.25) is 10.5 Å². The van der Waals surface area contributed by atoms with Crippen molar-refractivity contribution in [3.05, 3.63) is 6.33 Å². The highest BCUT2D eigenvalue weighted by molar-refractivity contribution is 7.99. The molecule has 0 saturated heterocycles. The zero-order valence-electron chi connectivity index (χ0n) is 9.78. The van der Waals surface area contributed by atoms with E-state index in [1.165, 1.54) is 18.1 Å². The number of nitrogens with two attached hydrogens (primary N) is 1. The number of rotatable bonds is 5. The first-order valence-electron chi connectivity index (χ1n) is 5.10. The summed E-state index contributed by atoms with van der Waals surface area (Å²) in [7, 11) is 0. The van der Waals surface area contributed by atoms with Gasteiger partial charge in [0.25, 0.3) is 0 Å². The second-order valence-electron chi connectivity index (χ2n) is 3.43. The molecule has 0 aliphatic heterocycles. The summed E-state index contributed by atoms with van der Waals surface area (Å²) in [4.78, 5) is 16.1. The molecule has 10 heteroatoms. The van der Waals surface area contributed by atoms with Crippen LogP contribution in [0.3, 0.4) is 0 Å². The lowest BCUT2D eigenvalue weighted by molar-refractivity contribution is 0.219. The van der Waals surface area contributed by atoms with Gasteiger partial charge in [0.1, 0.15) is 6.33 Å². The minimum absolute atomic E-state index is 0.0406. The molecule has 0 aliphatic carbocycles. The fraction of sp³-hybridized carbons (Fsp3) is 0.375. The van der Waals surface area contributed by atoms with Crippen molar-refractivity contribution in [2.24, 2.45) is 5.84 Å². The molecule has 0 aliphatic rings. The molecule has 0 radical (unpaired) electrons. The lowest BCUT2D eigenvalue weighted by Crippen LogP contribution is -2.15. The summed E-state index contributed by atoms with van der Waals surface area (Å²) in [5, 5.41) is 7.40. The average molecular weight is 268 g/mol. The fourth-order valence-corrected chi connectivity index (χ4v) is 1.67. The van der Waals surface area contributed by atoms with Crippen molar-refractivity contribution in [3.8, 4) is 6.01 Å². The highest BCUT2D eigenvalue weighted by Gasteiger charge is 2.10. The second kappa shape index (κ2) is 5.60. The van der Waals surface area contributed by atoms with Crippen LogP contribution in [-0.4, -0.2) is 36.2 Å². The molecule has 2 aromatic rings. The molecule has 0 saturated carbocycles. The van der Waals surface area contributed by atoms with Crippen LogP contribution in [0.25, 0.3) is 0 Å². The van der Waals surface area contributed by atoms with Gasteiger partial charge >= 0.3 is 6.01 Å². The predicted molar refractivity (Wildman–Crippen MR) is 63.9 cm³/mol. The van der Waals surface area contributed by atoms with Gasteiger partial charge in [0, 0.05) is 0 Å². The summed E-state index contributed by atoms with van der Waals surface area (Å²) in [6, 6.07) is 0.204. The van der Waals surface area contributed by atoms with Gasteiger partial charge in [-0.05, 0) is 25.6 Å². The molecule has 96 valence electrons. The fourth-order valence-electron chi connectivity index (χ4n) is 1.04. The van der Waals surface area contributed by atoms with Gasteiger partial charge in [-0.15, -0.1) is 0 Å². The highest BCUT2D eigenvalue weighted by atomic mass is 32.2. The lowest BCUT2D eigenvalue weighted by Gasteiger charge is -2.09. The van der Waals surface area contributed by atoms with E-state index in [0.717, 1.165) is 0 Å². The van der Waals surface area contributed by atoms with Gasteiger partial charge < -0.3 is 4.74 Å². The Morgan fingerprint density at radius 3 is 2.83 bits per heavy atom. The lowest BCUT2D eigenvalue weighted by atomic mass is 10.5. The second-order valence-corrected chi connectivity index (χ2v) is 4.38. The zero-order valence-corrected chi connectivity index (χ0v) is 10.6. The summed E-state index contributed by atoms with van der Waals surface area (Å²) < 4.78 is 5.40. The molecule has 2 aromatic heterocycles. The number of aromatic nitrogens is 6. The minimum Gasteiger partial charge on any atom is -0.461 e. The third-order valence-electron chi connectivity index (χ3n) is 1.65. The van der Waals surface area contributed by atoms with E-state index in [2.05, 4.69) is 35.6 Å². The number of H-pyrrole nitrogens is 1. The van der Waals surface area contributed by atoms with Gasteiger partial charge in [0.15, 0.2) is 5.16 Å².